The van der Waals surface area contributed by atoms with Gasteiger partial charge >= 0.3 is 19.1 Å². The van der Waals surface area contributed by atoms with Crippen molar-refractivity contribution in [3.05, 3.63) is 252 Å². The van der Waals surface area contributed by atoms with E-state index in [0.29, 0.717) is 77.0 Å². The molecule has 0 saturated carbocycles. The highest BCUT2D eigenvalue weighted by Gasteiger charge is 2.29. The van der Waals surface area contributed by atoms with Crippen LogP contribution in [0.5, 0.6) is 0 Å². The molecule has 2 atom stereocenters. The molecule has 0 unspecified atom stereocenters. The summed E-state index contributed by atoms with van der Waals surface area (Å²) in [6.07, 6.45) is 7.58. The average Bonchev–Trinajstić information content (AvgIpc) is 0.875. The molecule has 89 heavy (non-hydrogen) atoms. The number of benzene rings is 7. The van der Waals surface area contributed by atoms with Crippen LogP contribution in [0.1, 0.15) is 31.8 Å². The maximum Gasteiger partial charge on any atom is 0.490 e. The van der Waals surface area contributed by atoms with Crippen LogP contribution in [0.3, 0.4) is 0 Å². The summed E-state index contributed by atoms with van der Waals surface area (Å²) in [5, 5.41) is 34.6. The van der Waals surface area contributed by atoms with E-state index < -0.39 is 94.8 Å². The normalized spacial score (nSPS) is 11.7. The molecule has 5 heterocycles. The van der Waals surface area contributed by atoms with Crippen molar-refractivity contribution in [2.24, 2.45) is 0 Å². The third-order valence-electron chi connectivity index (χ3n) is 14.4. The number of fused-ring (bicyclic) bond motifs is 5. The summed E-state index contributed by atoms with van der Waals surface area (Å²) in [6.45, 7) is 0. The van der Waals surface area contributed by atoms with Crippen molar-refractivity contribution in [2.75, 3.05) is 7.11 Å². The number of carbonyl (C=O) groups is 4. The highest BCUT2D eigenvalue weighted by atomic mass is 19.2. The smallest absolute Gasteiger partial charge is 0.480 e. The van der Waals surface area contributed by atoms with Crippen molar-refractivity contribution < 1.29 is 69.8 Å². The van der Waals surface area contributed by atoms with Crippen LogP contribution in [0.4, 0.5) is 30.7 Å². The molecule has 5 N–H and O–H groups in total. The number of ether oxygens (including phenoxy) is 1. The molecule has 23 heteroatoms. The van der Waals surface area contributed by atoms with Crippen molar-refractivity contribution in [1.29, 1.82) is 0 Å². The zero-order valence-electron chi connectivity index (χ0n) is 46.3. The molecule has 15 nitrogen and oxygen atoms in total. The Hall–Kier alpha value is -11.0. The van der Waals surface area contributed by atoms with Gasteiger partial charge in [0.2, 0.25) is 0 Å². The van der Waals surface area contributed by atoms with Gasteiger partial charge in [-0.1, -0.05) is 54.6 Å². The van der Waals surface area contributed by atoms with Gasteiger partial charge in [-0.2, -0.15) is 0 Å². The maximum absolute atomic E-state index is 14.4. The van der Waals surface area contributed by atoms with Gasteiger partial charge in [-0.15, -0.1) is 0 Å². The van der Waals surface area contributed by atoms with Gasteiger partial charge < -0.3 is 30.5 Å². The second-order valence-electron chi connectivity index (χ2n) is 19.8. The molecular formula is C66H45BF7N7O8. The Morgan fingerprint density at radius 1 is 0.416 bits per heavy atom. The van der Waals surface area contributed by atoms with Crippen LogP contribution in [-0.4, -0.2) is 90.1 Å². The van der Waals surface area contributed by atoms with Crippen LogP contribution >= 0.6 is 0 Å². The number of methoxy groups -OCH3 is 1. The molecule has 0 saturated heterocycles. The lowest BCUT2D eigenvalue weighted by Crippen LogP contribution is -2.43. The van der Waals surface area contributed by atoms with Crippen LogP contribution < -0.4 is 16.1 Å². The molecule has 0 fully saturated rings. The topological polar surface area (TPSA) is 227 Å². The number of nitrogens with zero attached hydrogens (tertiary/aromatic N) is 5. The number of hydrogen-bond donors (Lipinski definition) is 5. The number of halogens is 7. The van der Waals surface area contributed by atoms with E-state index in [1.54, 1.807) is 122 Å². The molecule has 444 valence electrons. The Bertz CT molecular complexity index is 4700. The predicted molar refractivity (Wildman–Crippen MR) is 319 cm³/mol. The Morgan fingerprint density at radius 3 is 1.12 bits per heavy atom. The highest BCUT2D eigenvalue weighted by molar-refractivity contribution is 6.61. The van der Waals surface area contributed by atoms with Gasteiger partial charge in [0.1, 0.15) is 63.9 Å². The fraction of sp³-hybridized carbons (Fsp3) is 0.0758. The van der Waals surface area contributed by atoms with Gasteiger partial charge in [-0.25, -0.2) is 40.3 Å². The lowest BCUT2D eigenvalue weighted by atomic mass is 9.79. The zero-order valence-corrected chi connectivity index (χ0v) is 46.3. The fourth-order valence-corrected chi connectivity index (χ4v) is 10.2. The Labute approximate surface area is 500 Å². The second kappa shape index (κ2) is 26.7. The number of aromatic nitrogens is 5. The minimum absolute atomic E-state index is 0.0423. The quantitative estimate of drug-likeness (QED) is 0.0412. The van der Waals surface area contributed by atoms with E-state index in [0.717, 1.165) is 43.5 Å². The first kappa shape index (κ1) is 61.1. The number of pyridine rings is 5. The first-order chi connectivity index (χ1) is 42.9. The molecule has 12 rings (SSSR count). The largest absolute Gasteiger partial charge is 0.490 e. The summed E-state index contributed by atoms with van der Waals surface area (Å²) < 4.78 is 103. The van der Waals surface area contributed by atoms with Crippen LogP contribution in [0, 0.1) is 40.7 Å². The number of carboxylic acids is 1. The van der Waals surface area contributed by atoms with Gasteiger partial charge in [-0.3, -0.25) is 34.5 Å². The van der Waals surface area contributed by atoms with Crippen LogP contribution in [0.25, 0.3) is 76.8 Å². The minimum Gasteiger partial charge on any atom is -0.480 e. The van der Waals surface area contributed by atoms with E-state index in [1.165, 1.54) is 30.5 Å². The highest BCUT2D eigenvalue weighted by Crippen LogP contribution is 2.37. The van der Waals surface area contributed by atoms with Gasteiger partial charge in [0.25, 0.3) is 11.8 Å². The number of rotatable bonds is 13. The van der Waals surface area contributed by atoms with E-state index in [4.69, 9.17) is 14.8 Å². The van der Waals surface area contributed by atoms with Crippen LogP contribution in [0.2, 0.25) is 0 Å². The number of esters is 1. The van der Waals surface area contributed by atoms with E-state index >= 15 is 0 Å². The fourth-order valence-electron chi connectivity index (χ4n) is 10.2. The molecule has 0 spiro atoms. The average molecular weight is 1210 g/mol. The van der Waals surface area contributed by atoms with Crippen molar-refractivity contribution >= 4 is 90.8 Å². The molecule has 0 aliphatic heterocycles. The molecule has 0 aliphatic carbocycles. The third kappa shape index (κ3) is 12.9. The molecule has 12 aromatic rings. The van der Waals surface area contributed by atoms with Crippen LogP contribution in [-0.2, 0) is 27.2 Å². The third-order valence-corrected chi connectivity index (χ3v) is 14.4. The van der Waals surface area contributed by atoms with Crippen molar-refractivity contribution in [1.82, 2.24) is 35.6 Å². The molecule has 0 bridgehead atoms. The standard InChI is InChI=1S/C29H20F3N3O3.C28H18F3N3O3.C9H7BFNO2/c1-38-29(37)24(35-28(36)25-22(31)7-2-8-23(25)32)15-16-9-10-18(26-17(16)5-3-13-33-26)19-11-12-21(30)20-6-4-14-34-27(19)20;29-20-11-10-18(26-19(20)5-3-13-33-26)17-9-8-15(16-4-2-12-32-25(16)17)14-23(28(36)37)34-27(35)24-21(30)6-1-7-22(24)31;11-8-4-3-7(10(13)14)9-6(8)2-1-5-12-9/h2-14,24H,15H2,1H3,(H,35,36);1-13,23H,14H2,(H,34,35)(H,36,37);1-5,13-14H/t24-;23-;/m00./s1. The summed E-state index contributed by atoms with van der Waals surface area (Å²) in [7, 11) is -0.478. The number of aliphatic carboxylic acids is 1. The predicted octanol–water partition coefficient (Wildman–Crippen LogP) is 10.7. The first-order valence-electron chi connectivity index (χ1n) is 26.9. The number of carbonyl (C=O) groups excluding carboxylic acids is 3. The lowest BCUT2D eigenvalue weighted by molar-refractivity contribution is -0.143. The van der Waals surface area contributed by atoms with E-state index in [2.05, 4.69) is 35.6 Å². The van der Waals surface area contributed by atoms with Gasteiger partial charge in [0, 0.05) is 98.5 Å². The lowest BCUT2D eigenvalue weighted by Gasteiger charge is -2.19. The summed E-state index contributed by atoms with van der Waals surface area (Å²) in [6, 6.07) is 35.3. The molecule has 5 aromatic heterocycles. The van der Waals surface area contributed by atoms with Gasteiger partial charge in [0.05, 0.1) is 34.7 Å². The summed E-state index contributed by atoms with van der Waals surface area (Å²) >= 11 is 0. The Balaban J connectivity index is 0.000000161. The van der Waals surface area contributed by atoms with E-state index in [1.807, 2.05) is 0 Å². The SMILES string of the molecule is COC(=O)[C@H](Cc1ccc(-c2ccc(F)c3cccnc23)c2ncccc12)NC(=O)c1c(F)cccc1F.O=C(N[C@@H](Cc1ccc(-c2ccc(F)c3cccnc23)c2ncccc12)C(=O)O)c1c(F)cccc1F.OB(O)c1ccc(F)c2cccnc12. The van der Waals surface area contributed by atoms with Gasteiger partial charge in [-0.05, 0) is 114 Å². The van der Waals surface area contributed by atoms with Crippen molar-refractivity contribution in [2.45, 2.75) is 24.9 Å². The molecule has 0 radical (unpaired) electrons. The molecule has 0 aliphatic rings. The van der Waals surface area contributed by atoms with E-state index in [-0.39, 0.29) is 29.2 Å². The number of amides is 2. The minimum atomic E-state index is -1.63. The van der Waals surface area contributed by atoms with E-state index in [9.17, 15) is 55.0 Å². The Kier molecular flexibility index (Phi) is 18.3. The monoisotopic (exact) mass is 1210 g/mol. The van der Waals surface area contributed by atoms with Crippen molar-refractivity contribution in [3.63, 3.8) is 0 Å². The maximum atomic E-state index is 14.4. The summed E-state index contributed by atoms with van der Waals surface area (Å²) in [5.41, 5.74) is 4.68. The zero-order chi connectivity index (χ0) is 63.0. The summed E-state index contributed by atoms with van der Waals surface area (Å²) in [4.78, 5) is 71.4. The van der Waals surface area contributed by atoms with Gasteiger partial charge in [0.15, 0.2) is 0 Å². The molecule has 7 aromatic carbocycles. The van der Waals surface area contributed by atoms with Crippen molar-refractivity contribution in [3.8, 4) is 22.3 Å². The number of nitrogens with one attached hydrogen (secondary N) is 2. The number of hydrogen-bond acceptors (Lipinski definition) is 12. The summed E-state index contributed by atoms with van der Waals surface area (Å²) in [5.74, 6) is -9.94. The Morgan fingerprint density at radius 2 is 0.742 bits per heavy atom. The van der Waals surface area contributed by atoms with Crippen LogP contribution in [0.15, 0.2) is 189 Å². The molecular weight excluding hydrogens is 1160 g/mol. The first-order valence-corrected chi connectivity index (χ1v) is 26.9. The number of carboxylic acid groups (broad SMARTS) is 1. The second-order valence-corrected chi connectivity index (χ2v) is 19.8. The molecule has 2 amide bonds.